The Bertz CT molecular complexity index is 1420. The Hall–Kier alpha value is -3.34. The van der Waals surface area contributed by atoms with Crippen molar-refractivity contribution >= 4 is 46.0 Å². The molecule has 1 amide bonds. The molecule has 0 saturated carbocycles. The molecule has 0 aliphatic carbocycles. The van der Waals surface area contributed by atoms with Crippen molar-refractivity contribution in [3.05, 3.63) is 81.2 Å². The quantitative estimate of drug-likeness (QED) is 0.257. The average molecular weight is 546 g/mol. The van der Waals surface area contributed by atoms with Crippen LogP contribution in [0.3, 0.4) is 0 Å². The van der Waals surface area contributed by atoms with Gasteiger partial charge in [0.05, 0.1) is 35.9 Å². The Morgan fingerprint density at radius 1 is 1.18 bits per heavy atom. The molecule has 3 heterocycles. The Kier molecular flexibility index (Phi) is 9.18. The van der Waals surface area contributed by atoms with Gasteiger partial charge in [0, 0.05) is 50.3 Å². The van der Waals surface area contributed by atoms with Gasteiger partial charge < -0.3 is 15.2 Å². The number of anilines is 1. The summed E-state index contributed by atoms with van der Waals surface area (Å²) in [6, 6.07) is 16.1. The lowest BCUT2D eigenvalue weighted by atomic mass is 10.1. The minimum Gasteiger partial charge on any atom is -0.395 e. The summed E-state index contributed by atoms with van der Waals surface area (Å²) in [4.78, 5) is 18.5. The summed E-state index contributed by atoms with van der Waals surface area (Å²) in [5, 5.41) is 23.3. The van der Waals surface area contributed by atoms with E-state index < -0.39 is 0 Å². The summed E-state index contributed by atoms with van der Waals surface area (Å²) in [5.41, 5.74) is 5.51. The van der Waals surface area contributed by atoms with Crippen molar-refractivity contribution in [2.75, 3.05) is 57.9 Å². The monoisotopic (exact) mass is 545 g/mol. The zero-order valence-electron chi connectivity index (χ0n) is 22.2. The molecule has 39 heavy (non-hydrogen) atoms. The molecule has 4 aromatic rings. The smallest absolute Gasteiger partial charge is 0.266 e. The standard InChI is InChI=1S/C30H35N5O3S/c1-22-10-19-39-29(22)30(37)31-28-20-23(21-35(13-16-36)12-11-34-14-17-38-18-15-34)6-7-24(28)8-9-27-25-4-2-3-5-26(25)32-33-27/h2-10,19-20,36H,11-18,21H2,1H3,(H,31,37)(H,32,33). The van der Waals surface area contributed by atoms with Gasteiger partial charge in [-0.2, -0.15) is 5.10 Å². The summed E-state index contributed by atoms with van der Waals surface area (Å²) in [5.74, 6) is -0.112. The van der Waals surface area contributed by atoms with E-state index in [-0.39, 0.29) is 12.5 Å². The lowest BCUT2D eigenvalue weighted by Crippen LogP contribution is -2.41. The van der Waals surface area contributed by atoms with Crippen molar-refractivity contribution in [3.8, 4) is 0 Å². The Morgan fingerprint density at radius 3 is 2.82 bits per heavy atom. The van der Waals surface area contributed by atoms with E-state index in [1.54, 1.807) is 0 Å². The molecule has 9 heteroatoms. The van der Waals surface area contributed by atoms with Gasteiger partial charge in [-0.3, -0.25) is 19.7 Å². The number of aliphatic hydroxyl groups excluding tert-OH is 1. The molecule has 0 bridgehead atoms. The number of nitrogens with one attached hydrogen (secondary N) is 2. The molecule has 1 aliphatic heterocycles. The van der Waals surface area contributed by atoms with Crippen LogP contribution in [0, 0.1) is 6.92 Å². The highest BCUT2D eigenvalue weighted by molar-refractivity contribution is 7.12. The number of aryl methyl sites for hydroxylation is 1. The van der Waals surface area contributed by atoms with Gasteiger partial charge in [-0.25, -0.2) is 0 Å². The van der Waals surface area contributed by atoms with Crippen molar-refractivity contribution in [2.24, 2.45) is 0 Å². The fraction of sp³-hybridized carbons (Fsp3) is 0.333. The number of H-pyrrole nitrogens is 1. The van der Waals surface area contributed by atoms with Gasteiger partial charge in [-0.15, -0.1) is 11.3 Å². The molecule has 0 atom stereocenters. The molecule has 2 aromatic heterocycles. The molecule has 2 aromatic carbocycles. The van der Waals surface area contributed by atoms with Crippen LogP contribution in [0.5, 0.6) is 0 Å². The summed E-state index contributed by atoms with van der Waals surface area (Å²) < 4.78 is 5.46. The second-order valence-corrected chi connectivity index (χ2v) is 10.7. The third-order valence-corrected chi connectivity index (χ3v) is 8.03. The van der Waals surface area contributed by atoms with E-state index in [1.165, 1.54) is 11.3 Å². The van der Waals surface area contributed by atoms with E-state index in [9.17, 15) is 9.90 Å². The number of amides is 1. The Labute approximate surface area is 232 Å². The number of carbonyl (C=O) groups excluding carboxylic acids is 1. The zero-order chi connectivity index (χ0) is 27.0. The maximum atomic E-state index is 13.2. The first-order chi connectivity index (χ1) is 19.1. The van der Waals surface area contributed by atoms with Crippen LogP contribution in [-0.2, 0) is 11.3 Å². The van der Waals surface area contributed by atoms with Crippen LogP contribution >= 0.6 is 11.3 Å². The maximum Gasteiger partial charge on any atom is 0.266 e. The number of nitrogens with zero attached hydrogens (tertiary/aromatic N) is 3. The van der Waals surface area contributed by atoms with Crippen molar-refractivity contribution in [1.82, 2.24) is 20.0 Å². The third-order valence-electron chi connectivity index (χ3n) is 7.01. The summed E-state index contributed by atoms with van der Waals surface area (Å²) in [7, 11) is 0. The minimum atomic E-state index is -0.112. The summed E-state index contributed by atoms with van der Waals surface area (Å²) in [6.45, 7) is 8.54. The highest BCUT2D eigenvalue weighted by atomic mass is 32.1. The predicted octanol–water partition coefficient (Wildman–Crippen LogP) is 4.48. The molecule has 1 saturated heterocycles. The van der Waals surface area contributed by atoms with Crippen molar-refractivity contribution in [3.63, 3.8) is 0 Å². The molecule has 5 rings (SSSR count). The van der Waals surface area contributed by atoms with Crippen LogP contribution in [0.4, 0.5) is 5.69 Å². The molecule has 0 unspecified atom stereocenters. The number of carbonyl (C=O) groups is 1. The predicted molar refractivity (Wildman–Crippen MR) is 158 cm³/mol. The van der Waals surface area contributed by atoms with E-state index in [2.05, 4.69) is 31.4 Å². The number of para-hydroxylation sites is 1. The number of aromatic nitrogens is 2. The fourth-order valence-corrected chi connectivity index (χ4v) is 5.62. The number of morpholine rings is 1. The van der Waals surface area contributed by atoms with Gasteiger partial charge in [-0.1, -0.05) is 36.4 Å². The van der Waals surface area contributed by atoms with Crippen LogP contribution in [0.1, 0.15) is 32.1 Å². The zero-order valence-corrected chi connectivity index (χ0v) is 23.0. The fourth-order valence-electron chi connectivity index (χ4n) is 4.80. The number of aliphatic hydroxyl groups is 1. The van der Waals surface area contributed by atoms with E-state index >= 15 is 0 Å². The number of ether oxygens (including phenoxy) is 1. The molecular formula is C30H35N5O3S. The van der Waals surface area contributed by atoms with Crippen LogP contribution in [0.25, 0.3) is 23.1 Å². The van der Waals surface area contributed by atoms with Crippen molar-refractivity contribution in [1.29, 1.82) is 0 Å². The van der Waals surface area contributed by atoms with Gasteiger partial charge in [0.1, 0.15) is 0 Å². The van der Waals surface area contributed by atoms with E-state index in [1.807, 2.05) is 66.9 Å². The molecule has 1 aliphatic rings. The number of fused-ring (bicyclic) bond motifs is 1. The largest absolute Gasteiger partial charge is 0.395 e. The second-order valence-electron chi connectivity index (χ2n) is 9.75. The maximum absolute atomic E-state index is 13.2. The van der Waals surface area contributed by atoms with E-state index in [0.717, 1.165) is 78.4 Å². The number of rotatable bonds is 11. The first kappa shape index (κ1) is 27.2. The molecule has 0 spiro atoms. The van der Waals surface area contributed by atoms with Gasteiger partial charge >= 0.3 is 0 Å². The molecule has 0 radical (unpaired) electrons. The van der Waals surface area contributed by atoms with Crippen LogP contribution in [-0.4, -0.2) is 83.6 Å². The lowest BCUT2D eigenvalue weighted by molar-refractivity contribution is 0.0320. The number of benzene rings is 2. The SMILES string of the molecule is Cc1ccsc1C(=O)Nc1cc(CN(CCO)CCN2CCOCC2)ccc1C=Cc1n[nH]c2ccccc12. The number of hydrogen-bond donors (Lipinski definition) is 3. The third kappa shape index (κ3) is 7.00. The van der Waals surface area contributed by atoms with Crippen LogP contribution in [0.2, 0.25) is 0 Å². The highest BCUT2D eigenvalue weighted by Crippen LogP contribution is 2.25. The molecular weight excluding hydrogens is 510 g/mol. The Balaban J connectivity index is 1.37. The van der Waals surface area contributed by atoms with E-state index in [4.69, 9.17) is 4.74 Å². The highest BCUT2D eigenvalue weighted by Gasteiger charge is 2.16. The van der Waals surface area contributed by atoms with Crippen LogP contribution < -0.4 is 5.32 Å². The number of thiophene rings is 1. The summed E-state index contributed by atoms with van der Waals surface area (Å²) in [6.07, 6.45) is 3.97. The minimum absolute atomic E-state index is 0.100. The number of aromatic amines is 1. The van der Waals surface area contributed by atoms with Gasteiger partial charge in [-0.05, 0) is 53.3 Å². The normalized spacial score (nSPS) is 14.5. The summed E-state index contributed by atoms with van der Waals surface area (Å²) >= 11 is 1.44. The lowest BCUT2D eigenvalue weighted by Gasteiger charge is -2.30. The van der Waals surface area contributed by atoms with Gasteiger partial charge in [0.2, 0.25) is 0 Å². The first-order valence-corrected chi connectivity index (χ1v) is 14.2. The second kappa shape index (κ2) is 13.1. The Morgan fingerprint density at radius 2 is 2.03 bits per heavy atom. The van der Waals surface area contributed by atoms with Gasteiger partial charge in [0.25, 0.3) is 5.91 Å². The topological polar surface area (TPSA) is 93.7 Å². The first-order valence-electron chi connectivity index (χ1n) is 13.3. The van der Waals surface area contributed by atoms with Crippen LogP contribution in [0.15, 0.2) is 53.9 Å². The molecule has 204 valence electrons. The average Bonchev–Trinajstić information content (AvgIpc) is 3.58. The van der Waals surface area contributed by atoms with Gasteiger partial charge in [0.15, 0.2) is 0 Å². The molecule has 1 fully saturated rings. The molecule has 3 N–H and O–H groups in total. The van der Waals surface area contributed by atoms with Crippen molar-refractivity contribution < 1.29 is 14.6 Å². The number of hydrogen-bond acceptors (Lipinski definition) is 7. The van der Waals surface area contributed by atoms with Crippen molar-refractivity contribution in [2.45, 2.75) is 13.5 Å². The molecule has 8 nitrogen and oxygen atoms in total. The van der Waals surface area contributed by atoms with E-state index in [0.29, 0.717) is 18.0 Å².